The monoisotopic (exact) mass is 368 g/mol. The van der Waals surface area contributed by atoms with Gasteiger partial charge in [-0.3, -0.25) is 9.48 Å². The standard InChI is InChI=1S/C19H24N6O2/c1-3-6-25-11-13(12(2)23-25)18(26)20-16-9-14-15(22-19(27)21-14)10-17(16)24-7-4-5-8-24/h9-11H,3-8H2,1-2H3,(H,20,26)(H2,21,22,27). The van der Waals surface area contributed by atoms with E-state index in [1.165, 1.54) is 0 Å². The first kappa shape index (κ1) is 17.4. The maximum atomic E-state index is 12.9. The lowest BCUT2D eigenvalue weighted by Gasteiger charge is -2.21. The van der Waals surface area contributed by atoms with Crippen molar-refractivity contribution in [1.82, 2.24) is 19.7 Å². The van der Waals surface area contributed by atoms with Gasteiger partial charge in [0.25, 0.3) is 5.91 Å². The Labute approximate surface area is 156 Å². The molecule has 3 heterocycles. The topological polar surface area (TPSA) is 98.8 Å². The second-order valence-corrected chi connectivity index (χ2v) is 7.03. The van der Waals surface area contributed by atoms with E-state index < -0.39 is 0 Å². The number of nitrogens with one attached hydrogen (secondary N) is 3. The zero-order valence-electron chi connectivity index (χ0n) is 15.6. The molecule has 142 valence electrons. The quantitative estimate of drug-likeness (QED) is 0.645. The van der Waals surface area contributed by atoms with Crippen LogP contribution in [0.5, 0.6) is 0 Å². The SMILES string of the molecule is CCCn1cc(C(=O)Nc2cc3[nH]c(=O)[nH]c3cc2N2CCCC2)c(C)n1. The van der Waals surface area contributed by atoms with Gasteiger partial charge in [0.05, 0.1) is 33.7 Å². The summed E-state index contributed by atoms with van der Waals surface area (Å²) in [6.07, 6.45) is 5.00. The van der Waals surface area contributed by atoms with E-state index in [0.29, 0.717) is 22.5 Å². The summed E-state index contributed by atoms with van der Waals surface area (Å²) in [5, 5.41) is 7.44. The molecule has 0 radical (unpaired) electrons. The van der Waals surface area contributed by atoms with Crippen molar-refractivity contribution in [2.75, 3.05) is 23.3 Å². The number of fused-ring (bicyclic) bond motifs is 1. The van der Waals surface area contributed by atoms with E-state index in [0.717, 1.165) is 50.1 Å². The number of hydrogen-bond donors (Lipinski definition) is 3. The Morgan fingerprint density at radius 1 is 1.22 bits per heavy atom. The second kappa shape index (κ2) is 6.94. The first-order chi connectivity index (χ1) is 13.0. The predicted molar refractivity (Wildman–Crippen MR) is 106 cm³/mol. The lowest BCUT2D eigenvalue weighted by molar-refractivity contribution is 0.102. The molecule has 3 aromatic rings. The fourth-order valence-corrected chi connectivity index (χ4v) is 3.66. The van der Waals surface area contributed by atoms with Crippen LogP contribution in [0.3, 0.4) is 0 Å². The van der Waals surface area contributed by atoms with E-state index in [-0.39, 0.29) is 11.6 Å². The number of H-pyrrole nitrogens is 2. The van der Waals surface area contributed by atoms with Gasteiger partial charge < -0.3 is 20.2 Å². The van der Waals surface area contributed by atoms with Crippen molar-refractivity contribution in [3.8, 4) is 0 Å². The summed E-state index contributed by atoms with van der Waals surface area (Å²) in [6, 6.07) is 3.76. The molecule has 1 aliphatic rings. The number of nitrogens with zero attached hydrogens (tertiary/aromatic N) is 3. The first-order valence-corrected chi connectivity index (χ1v) is 9.41. The minimum absolute atomic E-state index is 0.187. The molecular formula is C19H24N6O2. The largest absolute Gasteiger partial charge is 0.370 e. The van der Waals surface area contributed by atoms with E-state index in [4.69, 9.17) is 0 Å². The van der Waals surface area contributed by atoms with Crippen LogP contribution in [0.15, 0.2) is 23.1 Å². The second-order valence-electron chi connectivity index (χ2n) is 7.03. The van der Waals surface area contributed by atoms with Gasteiger partial charge in [-0.15, -0.1) is 0 Å². The third-order valence-corrected chi connectivity index (χ3v) is 4.97. The number of carbonyl (C=O) groups is 1. The van der Waals surface area contributed by atoms with Crippen molar-refractivity contribution in [1.29, 1.82) is 0 Å². The van der Waals surface area contributed by atoms with Gasteiger partial charge >= 0.3 is 5.69 Å². The molecule has 1 aliphatic heterocycles. The third-order valence-electron chi connectivity index (χ3n) is 4.97. The Morgan fingerprint density at radius 3 is 2.63 bits per heavy atom. The van der Waals surface area contributed by atoms with Crippen molar-refractivity contribution >= 4 is 28.3 Å². The van der Waals surface area contributed by atoms with Crippen LogP contribution in [-0.2, 0) is 6.54 Å². The van der Waals surface area contributed by atoms with Crippen molar-refractivity contribution in [3.63, 3.8) is 0 Å². The smallest absolute Gasteiger partial charge is 0.323 e. The highest BCUT2D eigenvalue weighted by atomic mass is 16.2. The molecule has 0 spiro atoms. The zero-order valence-corrected chi connectivity index (χ0v) is 15.6. The highest BCUT2D eigenvalue weighted by Crippen LogP contribution is 2.32. The van der Waals surface area contributed by atoms with Gasteiger partial charge in [-0.05, 0) is 38.3 Å². The van der Waals surface area contributed by atoms with E-state index in [1.807, 2.05) is 19.1 Å². The Kier molecular flexibility index (Phi) is 4.47. The molecule has 1 aromatic carbocycles. The summed E-state index contributed by atoms with van der Waals surface area (Å²) in [6.45, 7) is 6.58. The summed E-state index contributed by atoms with van der Waals surface area (Å²) in [4.78, 5) is 32.4. The van der Waals surface area contributed by atoms with Gasteiger partial charge in [-0.1, -0.05) is 6.92 Å². The van der Waals surface area contributed by atoms with Crippen LogP contribution < -0.4 is 15.9 Å². The van der Waals surface area contributed by atoms with Crippen LogP contribution in [0, 0.1) is 6.92 Å². The van der Waals surface area contributed by atoms with Crippen LogP contribution in [-0.4, -0.2) is 38.7 Å². The number of hydrogen-bond acceptors (Lipinski definition) is 4. The molecule has 27 heavy (non-hydrogen) atoms. The fraction of sp³-hybridized carbons (Fsp3) is 0.421. The number of imidazole rings is 1. The maximum absolute atomic E-state index is 12.9. The zero-order chi connectivity index (χ0) is 19.0. The maximum Gasteiger partial charge on any atom is 0.323 e. The lowest BCUT2D eigenvalue weighted by Crippen LogP contribution is -2.21. The number of anilines is 2. The number of benzene rings is 1. The molecule has 0 bridgehead atoms. The highest BCUT2D eigenvalue weighted by molar-refractivity contribution is 6.07. The van der Waals surface area contributed by atoms with Crippen LogP contribution in [0.4, 0.5) is 11.4 Å². The molecular weight excluding hydrogens is 344 g/mol. The van der Waals surface area contributed by atoms with Crippen LogP contribution in [0.25, 0.3) is 11.0 Å². The summed E-state index contributed by atoms with van der Waals surface area (Å²) < 4.78 is 1.80. The Morgan fingerprint density at radius 2 is 1.93 bits per heavy atom. The predicted octanol–water partition coefficient (Wildman–Crippen LogP) is 2.62. The average molecular weight is 368 g/mol. The molecule has 2 aromatic heterocycles. The van der Waals surface area contributed by atoms with Gasteiger partial charge in [-0.25, -0.2) is 4.79 Å². The Hall–Kier alpha value is -3.03. The summed E-state index contributed by atoms with van der Waals surface area (Å²) in [7, 11) is 0. The summed E-state index contributed by atoms with van der Waals surface area (Å²) in [5.74, 6) is -0.187. The normalized spacial score (nSPS) is 14.2. The molecule has 0 unspecified atom stereocenters. The number of rotatable bonds is 5. The van der Waals surface area contributed by atoms with Gasteiger partial charge in [0.2, 0.25) is 0 Å². The molecule has 8 heteroatoms. The molecule has 4 rings (SSSR count). The Bertz CT molecular complexity index is 1040. The van der Waals surface area contributed by atoms with E-state index in [1.54, 1.807) is 10.9 Å². The highest BCUT2D eigenvalue weighted by Gasteiger charge is 2.20. The lowest BCUT2D eigenvalue weighted by atomic mass is 10.2. The van der Waals surface area contributed by atoms with Crippen molar-refractivity contribution < 1.29 is 4.79 Å². The first-order valence-electron chi connectivity index (χ1n) is 9.41. The van der Waals surface area contributed by atoms with Crippen molar-refractivity contribution in [3.05, 3.63) is 40.1 Å². The van der Waals surface area contributed by atoms with E-state index in [9.17, 15) is 9.59 Å². The van der Waals surface area contributed by atoms with Gasteiger partial charge in [0.15, 0.2) is 0 Å². The molecule has 0 aliphatic carbocycles. The average Bonchev–Trinajstić information content (AvgIpc) is 3.33. The molecule has 0 atom stereocenters. The molecule has 1 saturated heterocycles. The molecule has 1 fully saturated rings. The fourth-order valence-electron chi connectivity index (χ4n) is 3.66. The number of carbonyl (C=O) groups excluding carboxylic acids is 1. The minimum Gasteiger partial charge on any atom is -0.370 e. The molecule has 0 saturated carbocycles. The van der Waals surface area contributed by atoms with Crippen molar-refractivity contribution in [2.24, 2.45) is 0 Å². The number of aromatic amines is 2. The van der Waals surface area contributed by atoms with E-state index in [2.05, 4.69) is 32.2 Å². The minimum atomic E-state index is -0.252. The van der Waals surface area contributed by atoms with Crippen LogP contribution in [0.2, 0.25) is 0 Å². The number of aromatic nitrogens is 4. The molecule has 3 N–H and O–H groups in total. The number of aryl methyl sites for hydroxylation is 2. The van der Waals surface area contributed by atoms with E-state index >= 15 is 0 Å². The Balaban J connectivity index is 1.70. The molecule has 8 nitrogen and oxygen atoms in total. The third kappa shape index (κ3) is 3.34. The summed E-state index contributed by atoms with van der Waals surface area (Å²) >= 11 is 0. The van der Waals surface area contributed by atoms with Crippen molar-refractivity contribution in [2.45, 2.75) is 39.7 Å². The van der Waals surface area contributed by atoms with Gasteiger partial charge in [0.1, 0.15) is 0 Å². The van der Waals surface area contributed by atoms with Crippen LogP contribution in [0.1, 0.15) is 42.2 Å². The van der Waals surface area contributed by atoms with Crippen LogP contribution >= 0.6 is 0 Å². The van der Waals surface area contributed by atoms with Gasteiger partial charge in [-0.2, -0.15) is 5.10 Å². The summed E-state index contributed by atoms with van der Waals surface area (Å²) in [5.41, 5.74) is 4.08. The molecule has 1 amide bonds. The van der Waals surface area contributed by atoms with Gasteiger partial charge in [0, 0.05) is 25.8 Å². The number of amides is 1.